The fourth-order valence-corrected chi connectivity index (χ4v) is 4.12. The van der Waals surface area contributed by atoms with Gasteiger partial charge in [0.25, 0.3) is 0 Å². The molecule has 0 unspecified atom stereocenters. The van der Waals surface area contributed by atoms with Crippen LogP contribution in [0.5, 0.6) is 23.0 Å². The van der Waals surface area contributed by atoms with E-state index < -0.39 is 11.6 Å². The van der Waals surface area contributed by atoms with Crippen molar-refractivity contribution in [1.82, 2.24) is 0 Å². The van der Waals surface area contributed by atoms with E-state index in [-0.39, 0.29) is 27.1 Å². The Hall–Kier alpha value is -2.89. The molecule has 0 bridgehead atoms. The molecule has 3 aromatic carbocycles. The molecule has 2 heterocycles. The maximum Gasteiger partial charge on any atom is 0.341 e. The van der Waals surface area contributed by atoms with Gasteiger partial charge in [-0.3, -0.25) is 0 Å². The molecule has 0 radical (unpaired) electrons. The highest BCUT2D eigenvalue weighted by Gasteiger charge is 2.54. The van der Waals surface area contributed by atoms with Gasteiger partial charge in [0.2, 0.25) is 0 Å². The summed E-state index contributed by atoms with van der Waals surface area (Å²) in [4.78, 5) is 12.8. The second-order valence-corrected chi connectivity index (χ2v) is 7.10. The first-order valence-corrected chi connectivity index (χ1v) is 8.74. The predicted molar refractivity (Wildman–Crippen MR) is 98.0 cm³/mol. The Labute approximate surface area is 163 Å². The summed E-state index contributed by atoms with van der Waals surface area (Å²) in [6, 6.07) is 12.4. The number of ether oxygens (including phenoxy) is 2. The summed E-state index contributed by atoms with van der Waals surface area (Å²) in [5, 5.41) is 20.1. The zero-order valence-corrected chi connectivity index (χ0v) is 15.0. The van der Waals surface area contributed by atoms with E-state index in [1.807, 2.05) is 0 Å². The van der Waals surface area contributed by atoms with Gasteiger partial charge in [-0.2, -0.15) is 0 Å². The first-order chi connectivity index (χ1) is 12.9. The molecule has 27 heavy (non-hydrogen) atoms. The van der Waals surface area contributed by atoms with E-state index in [2.05, 4.69) is 0 Å². The number of carbonyl (C=O) groups is 1. The monoisotopic (exact) mass is 400 g/mol. The van der Waals surface area contributed by atoms with Gasteiger partial charge >= 0.3 is 5.97 Å². The second kappa shape index (κ2) is 5.31. The van der Waals surface area contributed by atoms with Crippen molar-refractivity contribution in [2.24, 2.45) is 0 Å². The third-order valence-corrected chi connectivity index (χ3v) is 5.64. The second-order valence-electron chi connectivity index (χ2n) is 6.32. The summed E-state index contributed by atoms with van der Waals surface area (Å²) in [5.74, 6) is -0.0190. The van der Waals surface area contributed by atoms with E-state index >= 15 is 0 Å². The summed E-state index contributed by atoms with van der Waals surface area (Å²) in [7, 11) is 0. The van der Waals surface area contributed by atoms with Crippen LogP contribution < -0.4 is 4.74 Å². The van der Waals surface area contributed by atoms with Crippen LogP contribution in [0.3, 0.4) is 0 Å². The minimum atomic E-state index is -1.33. The van der Waals surface area contributed by atoms with Crippen molar-refractivity contribution in [3.05, 3.63) is 80.8 Å². The first-order valence-electron chi connectivity index (χ1n) is 7.98. The summed E-state index contributed by atoms with van der Waals surface area (Å²) in [5.41, 5.74) is 0.437. The molecule has 0 saturated heterocycles. The van der Waals surface area contributed by atoms with Crippen LogP contribution in [0.2, 0.25) is 10.0 Å². The Morgan fingerprint density at radius 1 is 0.815 bits per heavy atom. The number of phenolic OH excluding ortho intramolecular Hbond substituents is 2. The number of rotatable bonds is 0. The van der Waals surface area contributed by atoms with Crippen molar-refractivity contribution >= 4 is 29.2 Å². The van der Waals surface area contributed by atoms with E-state index in [4.69, 9.17) is 32.7 Å². The van der Waals surface area contributed by atoms with Gasteiger partial charge in [-0.15, -0.1) is 0 Å². The Bertz CT molecular complexity index is 1100. The minimum absolute atomic E-state index is 0.00816. The van der Waals surface area contributed by atoms with Crippen LogP contribution in [0.15, 0.2) is 48.5 Å². The lowest BCUT2D eigenvalue weighted by atomic mass is 9.77. The molecule has 1 spiro atoms. The van der Waals surface area contributed by atoms with Gasteiger partial charge in [0.1, 0.15) is 23.0 Å². The van der Waals surface area contributed by atoms with Crippen molar-refractivity contribution < 1.29 is 24.5 Å². The predicted octanol–water partition coefficient (Wildman–Crippen LogP) is 4.97. The molecule has 5 nitrogen and oxygen atoms in total. The van der Waals surface area contributed by atoms with Gasteiger partial charge in [0, 0.05) is 28.8 Å². The Kier molecular flexibility index (Phi) is 3.21. The molecular formula is C20H10Cl2O5. The molecule has 134 valence electrons. The largest absolute Gasteiger partial charge is 0.508 e. The molecule has 3 aromatic rings. The van der Waals surface area contributed by atoms with Crippen molar-refractivity contribution in [1.29, 1.82) is 0 Å². The van der Waals surface area contributed by atoms with Crippen molar-refractivity contribution in [3.8, 4) is 23.0 Å². The van der Waals surface area contributed by atoms with E-state index in [9.17, 15) is 15.0 Å². The fraction of sp³-hybridized carbons (Fsp3) is 0.0500. The number of esters is 1. The number of halogens is 2. The van der Waals surface area contributed by atoms with Gasteiger partial charge in [0.05, 0.1) is 15.6 Å². The average Bonchev–Trinajstić information content (AvgIpc) is 2.91. The lowest BCUT2D eigenvalue weighted by molar-refractivity contribution is 0.0224. The topological polar surface area (TPSA) is 76.0 Å². The maximum absolute atomic E-state index is 12.8. The highest BCUT2D eigenvalue weighted by atomic mass is 35.5. The number of benzene rings is 3. The number of aromatic hydroxyl groups is 2. The molecule has 0 atom stereocenters. The number of phenols is 2. The molecule has 2 aliphatic rings. The third kappa shape index (κ3) is 2.04. The standard InChI is InChI=1S/C20H10Cl2O5/c21-14-6-5-13-17(18(14)22)19(25)27-20(13)11-3-1-9(23)7-15(11)26-16-8-10(24)2-4-12(16)20/h1-8,23-24H. The Morgan fingerprint density at radius 3 is 1.96 bits per heavy atom. The van der Waals surface area contributed by atoms with Crippen LogP contribution in [0, 0.1) is 0 Å². The van der Waals surface area contributed by atoms with Crippen LogP contribution in [0.25, 0.3) is 0 Å². The zero-order valence-electron chi connectivity index (χ0n) is 13.5. The summed E-state index contributed by atoms with van der Waals surface area (Å²) in [6.07, 6.45) is 0. The van der Waals surface area contributed by atoms with Crippen LogP contribution >= 0.6 is 23.2 Å². The van der Waals surface area contributed by atoms with Crippen molar-refractivity contribution in [2.45, 2.75) is 5.60 Å². The van der Waals surface area contributed by atoms with Gasteiger partial charge in [-0.05, 0) is 30.3 Å². The van der Waals surface area contributed by atoms with Gasteiger partial charge in [-0.1, -0.05) is 29.3 Å². The van der Waals surface area contributed by atoms with Crippen LogP contribution in [0.4, 0.5) is 0 Å². The van der Waals surface area contributed by atoms with E-state index in [0.29, 0.717) is 28.2 Å². The van der Waals surface area contributed by atoms with E-state index in [1.165, 1.54) is 24.3 Å². The highest BCUT2D eigenvalue weighted by molar-refractivity contribution is 6.44. The molecule has 0 amide bonds. The number of hydrogen-bond acceptors (Lipinski definition) is 5. The van der Waals surface area contributed by atoms with Crippen molar-refractivity contribution in [3.63, 3.8) is 0 Å². The molecule has 0 aliphatic carbocycles. The fourth-order valence-electron chi connectivity index (χ4n) is 3.72. The van der Waals surface area contributed by atoms with Crippen LogP contribution in [-0.2, 0) is 10.3 Å². The summed E-state index contributed by atoms with van der Waals surface area (Å²) >= 11 is 12.4. The summed E-state index contributed by atoms with van der Waals surface area (Å²) in [6.45, 7) is 0. The normalized spacial score (nSPS) is 15.6. The SMILES string of the molecule is O=C1OC2(c3ccc(O)cc3Oc3cc(O)ccc32)c2ccc(Cl)c(Cl)c21. The maximum atomic E-state index is 12.8. The molecule has 0 aromatic heterocycles. The Morgan fingerprint density at radius 2 is 1.37 bits per heavy atom. The average molecular weight is 401 g/mol. The number of fused-ring (bicyclic) bond motifs is 6. The molecule has 2 aliphatic heterocycles. The lowest BCUT2D eigenvalue weighted by Crippen LogP contribution is -2.32. The number of carbonyl (C=O) groups excluding carboxylic acids is 1. The molecule has 5 rings (SSSR count). The quantitative estimate of drug-likeness (QED) is 0.520. The van der Waals surface area contributed by atoms with Gasteiger partial charge < -0.3 is 19.7 Å². The van der Waals surface area contributed by atoms with E-state index in [0.717, 1.165) is 0 Å². The molecule has 7 heteroatoms. The van der Waals surface area contributed by atoms with Crippen LogP contribution in [-0.4, -0.2) is 16.2 Å². The van der Waals surface area contributed by atoms with Crippen LogP contribution in [0.1, 0.15) is 27.0 Å². The summed E-state index contributed by atoms with van der Waals surface area (Å²) < 4.78 is 11.8. The third-order valence-electron chi connectivity index (χ3n) is 4.83. The lowest BCUT2D eigenvalue weighted by Gasteiger charge is -2.36. The molecule has 0 fully saturated rings. The smallest absolute Gasteiger partial charge is 0.341 e. The molecular weight excluding hydrogens is 391 g/mol. The van der Waals surface area contributed by atoms with Gasteiger partial charge in [-0.25, -0.2) is 4.79 Å². The molecule has 2 N–H and O–H groups in total. The van der Waals surface area contributed by atoms with Crippen molar-refractivity contribution in [2.75, 3.05) is 0 Å². The highest BCUT2D eigenvalue weighted by Crippen LogP contribution is 2.58. The van der Waals surface area contributed by atoms with E-state index in [1.54, 1.807) is 24.3 Å². The van der Waals surface area contributed by atoms with Gasteiger partial charge in [0.15, 0.2) is 5.60 Å². The number of hydrogen-bond donors (Lipinski definition) is 2. The minimum Gasteiger partial charge on any atom is -0.508 e. The molecule has 0 saturated carbocycles. The first kappa shape index (κ1) is 16.3. The zero-order chi connectivity index (χ0) is 18.9. The Balaban J connectivity index is 1.92.